The average molecular weight is 152 g/mol. The summed E-state index contributed by atoms with van der Waals surface area (Å²) in [6.07, 6.45) is 1.51. The fourth-order valence-corrected chi connectivity index (χ4v) is 1.06. The number of nitrogens with zero attached hydrogens (tertiary/aromatic N) is 3. The molecule has 0 unspecified atom stereocenters. The highest BCUT2D eigenvalue weighted by Gasteiger charge is 2.15. The average Bonchev–Trinajstić information content (AvgIpc) is 2.35. The van der Waals surface area contributed by atoms with Gasteiger partial charge in [0.1, 0.15) is 6.67 Å². The van der Waals surface area contributed by atoms with Gasteiger partial charge in [-0.3, -0.25) is 4.79 Å². The van der Waals surface area contributed by atoms with E-state index in [4.69, 9.17) is 0 Å². The van der Waals surface area contributed by atoms with Gasteiger partial charge in [0, 0.05) is 19.3 Å². The van der Waals surface area contributed by atoms with Crippen LogP contribution in [0.15, 0.2) is 17.1 Å². The lowest BCUT2D eigenvalue weighted by molar-refractivity contribution is 0.888. The molecule has 0 spiro atoms. The number of fused-ring (bicyclic) bond motifs is 1. The minimum Gasteiger partial charge on any atom is -0.325 e. The van der Waals surface area contributed by atoms with E-state index in [-0.39, 0.29) is 5.56 Å². The quantitative estimate of drug-likeness (QED) is 0.528. The van der Waals surface area contributed by atoms with Crippen molar-refractivity contribution >= 4 is 5.95 Å². The van der Waals surface area contributed by atoms with E-state index in [1.165, 1.54) is 16.9 Å². The van der Waals surface area contributed by atoms with Crippen molar-refractivity contribution < 1.29 is 0 Å². The van der Waals surface area contributed by atoms with Gasteiger partial charge in [0.15, 0.2) is 0 Å². The molecule has 0 fully saturated rings. The fourth-order valence-electron chi connectivity index (χ4n) is 1.06. The molecule has 1 aromatic rings. The zero-order chi connectivity index (χ0) is 7.84. The monoisotopic (exact) mass is 152 g/mol. The molecule has 0 saturated heterocycles. The van der Waals surface area contributed by atoms with Crippen molar-refractivity contribution in [1.82, 2.24) is 9.66 Å². The Morgan fingerprint density at radius 2 is 2.55 bits per heavy atom. The standard InChI is InChI=1S/C6H8N4O/c1-9-4-8-10-5(11)2-3-7-6(9)10/h2-3,8H,4H2,1H3. The maximum absolute atomic E-state index is 11.1. The molecule has 5 nitrogen and oxygen atoms in total. The number of hydrogen-bond acceptors (Lipinski definition) is 4. The summed E-state index contributed by atoms with van der Waals surface area (Å²) in [6, 6.07) is 1.43. The van der Waals surface area contributed by atoms with Crippen molar-refractivity contribution in [2.45, 2.75) is 0 Å². The topological polar surface area (TPSA) is 50.2 Å². The first kappa shape index (κ1) is 6.21. The van der Waals surface area contributed by atoms with Crippen LogP contribution in [0.25, 0.3) is 0 Å². The summed E-state index contributed by atoms with van der Waals surface area (Å²) >= 11 is 0. The lowest BCUT2D eigenvalue weighted by atomic mass is 10.6. The second-order valence-corrected chi connectivity index (χ2v) is 2.43. The smallest absolute Gasteiger partial charge is 0.273 e. The van der Waals surface area contributed by atoms with Gasteiger partial charge in [0.05, 0.1) is 0 Å². The van der Waals surface area contributed by atoms with Crippen LogP contribution in [0.3, 0.4) is 0 Å². The number of aromatic nitrogens is 2. The summed E-state index contributed by atoms with van der Waals surface area (Å²) in [6.45, 7) is 0.631. The third-order valence-corrected chi connectivity index (χ3v) is 1.63. The molecule has 1 aromatic heterocycles. The highest BCUT2D eigenvalue weighted by atomic mass is 16.1. The molecule has 0 bridgehead atoms. The van der Waals surface area contributed by atoms with Crippen LogP contribution in [-0.4, -0.2) is 23.4 Å². The second kappa shape index (κ2) is 1.98. The Morgan fingerprint density at radius 3 is 3.27 bits per heavy atom. The van der Waals surface area contributed by atoms with Crippen LogP contribution < -0.4 is 15.9 Å². The number of hydrogen-bond donors (Lipinski definition) is 1. The molecule has 1 aliphatic heterocycles. The van der Waals surface area contributed by atoms with E-state index in [0.717, 1.165) is 0 Å². The maximum atomic E-state index is 11.1. The van der Waals surface area contributed by atoms with Crippen LogP contribution in [0.4, 0.5) is 5.95 Å². The summed E-state index contributed by atoms with van der Waals surface area (Å²) in [4.78, 5) is 17.0. The summed E-state index contributed by atoms with van der Waals surface area (Å²) in [5.74, 6) is 0.664. The van der Waals surface area contributed by atoms with Crippen molar-refractivity contribution in [2.24, 2.45) is 0 Å². The van der Waals surface area contributed by atoms with Crippen molar-refractivity contribution in [3.05, 3.63) is 22.6 Å². The Labute approximate surface area is 63.2 Å². The van der Waals surface area contributed by atoms with Gasteiger partial charge < -0.3 is 10.3 Å². The van der Waals surface area contributed by atoms with E-state index in [2.05, 4.69) is 10.4 Å². The first-order valence-corrected chi connectivity index (χ1v) is 3.32. The van der Waals surface area contributed by atoms with Crippen molar-refractivity contribution in [3.63, 3.8) is 0 Å². The van der Waals surface area contributed by atoms with Gasteiger partial charge in [-0.05, 0) is 0 Å². The largest absolute Gasteiger partial charge is 0.325 e. The normalized spacial score (nSPS) is 14.5. The second-order valence-electron chi connectivity index (χ2n) is 2.43. The molecular weight excluding hydrogens is 144 g/mol. The van der Waals surface area contributed by atoms with Crippen molar-refractivity contribution in [1.29, 1.82) is 0 Å². The van der Waals surface area contributed by atoms with Crippen molar-refractivity contribution in [2.75, 3.05) is 24.0 Å². The molecular formula is C6H8N4O. The maximum Gasteiger partial charge on any atom is 0.273 e. The van der Waals surface area contributed by atoms with Gasteiger partial charge in [0.2, 0.25) is 5.95 Å². The molecule has 0 aliphatic carbocycles. The van der Waals surface area contributed by atoms with E-state index < -0.39 is 0 Å². The summed E-state index contributed by atoms with van der Waals surface area (Å²) < 4.78 is 1.43. The number of anilines is 1. The van der Waals surface area contributed by atoms with E-state index >= 15 is 0 Å². The Balaban J connectivity index is 2.66. The van der Waals surface area contributed by atoms with Crippen LogP contribution in [0.1, 0.15) is 0 Å². The molecule has 0 atom stereocenters. The lowest BCUT2D eigenvalue weighted by Gasteiger charge is -2.04. The first-order chi connectivity index (χ1) is 5.29. The molecule has 0 saturated carbocycles. The molecule has 1 aliphatic rings. The first-order valence-electron chi connectivity index (χ1n) is 3.32. The van der Waals surface area contributed by atoms with Gasteiger partial charge in [-0.2, -0.15) is 4.68 Å². The van der Waals surface area contributed by atoms with Crippen LogP contribution in [0, 0.1) is 0 Å². The molecule has 58 valence electrons. The summed E-state index contributed by atoms with van der Waals surface area (Å²) in [7, 11) is 1.87. The third-order valence-electron chi connectivity index (χ3n) is 1.63. The highest BCUT2D eigenvalue weighted by Crippen LogP contribution is 2.07. The summed E-state index contributed by atoms with van der Waals surface area (Å²) in [5, 5.41) is 0. The Bertz CT molecular complexity index is 332. The van der Waals surface area contributed by atoms with E-state index in [1.54, 1.807) is 0 Å². The molecule has 2 rings (SSSR count). The van der Waals surface area contributed by atoms with E-state index in [0.29, 0.717) is 12.6 Å². The van der Waals surface area contributed by atoms with E-state index in [1.807, 2.05) is 11.9 Å². The molecule has 2 heterocycles. The Morgan fingerprint density at radius 1 is 1.73 bits per heavy atom. The molecule has 11 heavy (non-hydrogen) atoms. The Kier molecular flexibility index (Phi) is 1.12. The fraction of sp³-hybridized carbons (Fsp3) is 0.333. The summed E-state index contributed by atoms with van der Waals surface area (Å²) in [5.41, 5.74) is 2.82. The van der Waals surface area contributed by atoms with Crippen LogP contribution in [0.5, 0.6) is 0 Å². The minimum absolute atomic E-state index is 0.0700. The highest BCUT2D eigenvalue weighted by molar-refractivity contribution is 5.34. The zero-order valence-electron chi connectivity index (χ0n) is 6.11. The Hall–Kier alpha value is -1.52. The van der Waals surface area contributed by atoms with Gasteiger partial charge >= 0.3 is 0 Å². The molecule has 0 aromatic carbocycles. The van der Waals surface area contributed by atoms with Gasteiger partial charge in [0.25, 0.3) is 5.56 Å². The SMILES string of the molecule is CN1CNn2c1nccc2=O. The third kappa shape index (κ3) is 0.772. The van der Waals surface area contributed by atoms with Gasteiger partial charge in [-0.25, -0.2) is 4.98 Å². The minimum atomic E-state index is -0.0700. The van der Waals surface area contributed by atoms with Crippen molar-refractivity contribution in [3.8, 4) is 0 Å². The molecule has 0 radical (unpaired) electrons. The molecule has 5 heteroatoms. The lowest BCUT2D eigenvalue weighted by Crippen LogP contribution is -2.23. The van der Waals surface area contributed by atoms with Crippen LogP contribution >= 0.6 is 0 Å². The van der Waals surface area contributed by atoms with Crippen LogP contribution in [0.2, 0.25) is 0 Å². The van der Waals surface area contributed by atoms with Crippen LogP contribution in [-0.2, 0) is 0 Å². The zero-order valence-corrected chi connectivity index (χ0v) is 6.11. The number of nitrogens with one attached hydrogen (secondary N) is 1. The predicted octanol–water partition coefficient (Wildman–Crippen LogP) is -0.806. The predicted molar refractivity (Wildman–Crippen MR) is 41.1 cm³/mol. The molecule has 0 amide bonds. The number of rotatable bonds is 0. The molecule has 1 N–H and O–H groups in total. The van der Waals surface area contributed by atoms with Gasteiger partial charge in [-0.15, -0.1) is 0 Å². The van der Waals surface area contributed by atoms with Gasteiger partial charge in [-0.1, -0.05) is 0 Å². The van der Waals surface area contributed by atoms with E-state index in [9.17, 15) is 4.79 Å².